The van der Waals surface area contributed by atoms with Gasteiger partial charge in [-0.05, 0) is 43.2 Å². The van der Waals surface area contributed by atoms with Crippen LogP contribution < -0.4 is 5.32 Å². The first-order valence-electron chi connectivity index (χ1n) is 8.41. The molecule has 1 amide bonds. The molecule has 0 aliphatic heterocycles. The summed E-state index contributed by atoms with van der Waals surface area (Å²) in [5.41, 5.74) is 1.31. The minimum atomic E-state index is -4.41. The van der Waals surface area contributed by atoms with Crippen LogP contribution in [-0.4, -0.2) is 22.2 Å². The van der Waals surface area contributed by atoms with Gasteiger partial charge in [0, 0.05) is 12.2 Å². The van der Waals surface area contributed by atoms with E-state index in [1.54, 1.807) is 16.8 Å². The Kier molecular flexibility index (Phi) is 5.30. The third-order valence-electron chi connectivity index (χ3n) is 4.12. The largest absolute Gasteiger partial charge is 0.416 e. The summed E-state index contributed by atoms with van der Waals surface area (Å²) in [7, 11) is 0. The van der Waals surface area contributed by atoms with Crippen LogP contribution in [0.25, 0.3) is 5.69 Å². The summed E-state index contributed by atoms with van der Waals surface area (Å²) in [4.78, 5) is 12.3. The molecule has 0 aliphatic rings. The van der Waals surface area contributed by atoms with Gasteiger partial charge in [0.1, 0.15) is 0 Å². The predicted octanol–water partition coefficient (Wildman–Crippen LogP) is 4.17. The number of alkyl halides is 3. The summed E-state index contributed by atoms with van der Waals surface area (Å²) < 4.78 is 40.7. The van der Waals surface area contributed by atoms with Crippen molar-refractivity contribution in [3.63, 3.8) is 0 Å². The Labute approximate surface area is 154 Å². The Morgan fingerprint density at radius 1 is 1.07 bits per heavy atom. The molecule has 7 heteroatoms. The first-order valence-corrected chi connectivity index (χ1v) is 8.41. The predicted molar refractivity (Wildman–Crippen MR) is 95.8 cm³/mol. The lowest BCUT2D eigenvalue weighted by molar-refractivity contribution is -0.138. The molecule has 1 aromatic heterocycles. The molecule has 27 heavy (non-hydrogen) atoms. The van der Waals surface area contributed by atoms with E-state index in [9.17, 15) is 18.0 Å². The molecule has 1 N–H and O–H groups in total. The maximum Gasteiger partial charge on any atom is 0.416 e. The monoisotopic (exact) mass is 373 g/mol. The van der Waals surface area contributed by atoms with Crippen molar-refractivity contribution in [2.75, 3.05) is 6.54 Å². The number of nitrogens with one attached hydrogen (secondary N) is 1. The number of hydrogen-bond acceptors (Lipinski definition) is 2. The molecule has 0 fully saturated rings. The van der Waals surface area contributed by atoms with Crippen molar-refractivity contribution >= 4 is 5.91 Å². The van der Waals surface area contributed by atoms with Gasteiger partial charge in [-0.2, -0.15) is 18.3 Å². The smallest absolute Gasteiger partial charge is 0.350 e. The van der Waals surface area contributed by atoms with Gasteiger partial charge in [-0.3, -0.25) is 4.79 Å². The molecule has 0 spiro atoms. The van der Waals surface area contributed by atoms with Crippen molar-refractivity contribution < 1.29 is 18.0 Å². The third kappa shape index (κ3) is 4.36. The summed E-state index contributed by atoms with van der Waals surface area (Å²) in [6, 6.07) is 16.4. The van der Waals surface area contributed by atoms with Crippen molar-refractivity contribution in [2.45, 2.75) is 19.5 Å². The SMILES string of the molecule is Cc1cc(C(=O)NCCc2ccccc2C(F)(F)F)nn1-c1ccccc1. The Morgan fingerprint density at radius 2 is 1.74 bits per heavy atom. The Bertz CT molecular complexity index is 933. The average Bonchev–Trinajstić information content (AvgIpc) is 3.04. The van der Waals surface area contributed by atoms with E-state index >= 15 is 0 Å². The van der Waals surface area contributed by atoms with Gasteiger partial charge >= 0.3 is 6.18 Å². The molecule has 0 aliphatic carbocycles. The quantitative estimate of drug-likeness (QED) is 0.730. The molecule has 140 valence electrons. The van der Waals surface area contributed by atoms with Gasteiger partial charge in [0.15, 0.2) is 5.69 Å². The minimum Gasteiger partial charge on any atom is -0.350 e. The zero-order chi connectivity index (χ0) is 19.4. The van der Waals surface area contributed by atoms with Gasteiger partial charge in [0.2, 0.25) is 0 Å². The summed E-state index contributed by atoms with van der Waals surface area (Å²) >= 11 is 0. The number of carbonyl (C=O) groups excluding carboxylic acids is 1. The topological polar surface area (TPSA) is 46.9 Å². The molecule has 0 radical (unpaired) electrons. The summed E-state index contributed by atoms with van der Waals surface area (Å²) in [5, 5.41) is 6.92. The van der Waals surface area contributed by atoms with Crippen LogP contribution >= 0.6 is 0 Å². The molecule has 0 saturated carbocycles. The molecular weight excluding hydrogens is 355 g/mol. The second-order valence-electron chi connectivity index (χ2n) is 6.08. The number of aryl methyl sites for hydroxylation is 1. The zero-order valence-electron chi connectivity index (χ0n) is 14.6. The molecule has 0 atom stereocenters. The highest BCUT2D eigenvalue weighted by molar-refractivity contribution is 5.92. The fourth-order valence-electron chi connectivity index (χ4n) is 2.83. The lowest BCUT2D eigenvalue weighted by atomic mass is 10.0. The highest BCUT2D eigenvalue weighted by Gasteiger charge is 2.32. The van der Waals surface area contributed by atoms with Crippen LogP contribution in [0.2, 0.25) is 0 Å². The van der Waals surface area contributed by atoms with Gasteiger partial charge in [-0.25, -0.2) is 4.68 Å². The number of rotatable bonds is 5. The number of aromatic nitrogens is 2. The highest BCUT2D eigenvalue weighted by Crippen LogP contribution is 2.31. The second kappa shape index (κ2) is 7.65. The number of halogens is 3. The highest BCUT2D eigenvalue weighted by atomic mass is 19.4. The van der Waals surface area contributed by atoms with Crippen LogP contribution in [0.5, 0.6) is 0 Å². The maximum absolute atomic E-state index is 13.0. The molecule has 4 nitrogen and oxygen atoms in total. The number of benzene rings is 2. The van der Waals surface area contributed by atoms with E-state index in [-0.39, 0.29) is 24.2 Å². The van der Waals surface area contributed by atoms with E-state index in [0.29, 0.717) is 0 Å². The number of amides is 1. The van der Waals surface area contributed by atoms with Crippen LogP contribution in [0.1, 0.15) is 27.3 Å². The lowest BCUT2D eigenvalue weighted by Crippen LogP contribution is -2.26. The van der Waals surface area contributed by atoms with Crippen LogP contribution in [0.4, 0.5) is 13.2 Å². The van der Waals surface area contributed by atoms with Crippen molar-refractivity contribution in [2.24, 2.45) is 0 Å². The van der Waals surface area contributed by atoms with E-state index in [1.165, 1.54) is 12.1 Å². The van der Waals surface area contributed by atoms with Crippen molar-refractivity contribution in [3.8, 4) is 5.69 Å². The van der Waals surface area contributed by atoms with Gasteiger partial charge in [0.05, 0.1) is 11.3 Å². The lowest BCUT2D eigenvalue weighted by Gasteiger charge is -2.12. The van der Waals surface area contributed by atoms with Gasteiger partial charge in [-0.15, -0.1) is 0 Å². The van der Waals surface area contributed by atoms with Gasteiger partial charge in [-0.1, -0.05) is 36.4 Å². The fraction of sp³-hybridized carbons (Fsp3) is 0.200. The Balaban J connectivity index is 1.66. The van der Waals surface area contributed by atoms with Crippen molar-refractivity contribution in [1.29, 1.82) is 0 Å². The van der Waals surface area contributed by atoms with E-state index in [2.05, 4.69) is 10.4 Å². The first kappa shape index (κ1) is 18.7. The van der Waals surface area contributed by atoms with Crippen molar-refractivity contribution in [1.82, 2.24) is 15.1 Å². The summed E-state index contributed by atoms with van der Waals surface area (Å²) in [5.74, 6) is -0.419. The molecule has 0 unspecified atom stereocenters. The normalized spacial score (nSPS) is 11.4. The summed E-state index contributed by atoms with van der Waals surface area (Å²) in [6.07, 6.45) is -4.33. The van der Waals surface area contributed by atoms with Crippen LogP contribution in [0.3, 0.4) is 0 Å². The molecular formula is C20H18F3N3O. The summed E-state index contributed by atoms with van der Waals surface area (Å²) in [6.45, 7) is 1.92. The molecule has 0 bridgehead atoms. The minimum absolute atomic E-state index is 0.0831. The maximum atomic E-state index is 13.0. The number of carbonyl (C=O) groups is 1. The fourth-order valence-corrected chi connectivity index (χ4v) is 2.83. The van der Waals surface area contributed by atoms with Crippen LogP contribution in [-0.2, 0) is 12.6 Å². The number of hydrogen-bond donors (Lipinski definition) is 1. The van der Waals surface area contributed by atoms with E-state index < -0.39 is 17.6 Å². The van der Waals surface area contributed by atoms with Crippen molar-refractivity contribution in [3.05, 3.63) is 83.2 Å². The Morgan fingerprint density at radius 3 is 2.44 bits per heavy atom. The molecule has 1 heterocycles. The standard InChI is InChI=1S/C20H18F3N3O/c1-14-13-18(25-26(14)16-8-3-2-4-9-16)19(27)24-12-11-15-7-5-6-10-17(15)20(21,22)23/h2-10,13H,11-12H2,1H3,(H,24,27). The molecule has 2 aromatic carbocycles. The van der Waals surface area contributed by atoms with Gasteiger partial charge in [0.25, 0.3) is 5.91 Å². The molecule has 3 rings (SSSR count). The van der Waals surface area contributed by atoms with E-state index in [0.717, 1.165) is 17.4 Å². The van der Waals surface area contributed by atoms with Gasteiger partial charge < -0.3 is 5.32 Å². The molecule has 0 saturated heterocycles. The Hall–Kier alpha value is -3.09. The first-order chi connectivity index (χ1) is 12.9. The third-order valence-corrected chi connectivity index (χ3v) is 4.12. The average molecular weight is 373 g/mol. The second-order valence-corrected chi connectivity index (χ2v) is 6.08. The van der Waals surface area contributed by atoms with Crippen LogP contribution in [0, 0.1) is 6.92 Å². The number of para-hydroxylation sites is 1. The number of nitrogens with zero attached hydrogens (tertiary/aromatic N) is 2. The molecule has 3 aromatic rings. The zero-order valence-corrected chi connectivity index (χ0v) is 14.6. The van der Waals surface area contributed by atoms with Crippen LogP contribution in [0.15, 0.2) is 60.7 Å². The van der Waals surface area contributed by atoms with E-state index in [1.807, 2.05) is 37.3 Å². The van der Waals surface area contributed by atoms with E-state index in [4.69, 9.17) is 0 Å².